The maximum absolute atomic E-state index is 11.9. The molecule has 0 saturated carbocycles. The van der Waals surface area contributed by atoms with E-state index in [-0.39, 0.29) is 5.91 Å². The van der Waals surface area contributed by atoms with E-state index in [2.05, 4.69) is 21.2 Å². The van der Waals surface area contributed by atoms with Crippen LogP contribution in [0.25, 0.3) is 0 Å². The van der Waals surface area contributed by atoms with E-state index in [0.29, 0.717) is 17.7 Å². The Morgan fingerprint density at radius 1 is 1.21 bits per heavy atom. The molecule has 2 aromatic carbocycles. The maximum atomic E-state index is 11.9. The van der Waals surface area contributed by atoms with Gasteiger partial charge in [0, 0.05) is 16.6 Å². The molecule has 3 nitrogen and oxygen atoms in total. The zero-order valence-electron chi connectivity index (χ0n) is 10.1. The molecular formula is C15H11BrN2O. The number of nitriles is 1. The van der Waals surface area contributed by atoms with Crippen molar-refractivity contribution in [1.29, 1.82) is 5.26 Å². The minimum absolute atomic E-state index is 0.183. The standard InChI is InChI=1S/C15H11BrN2O/c16-14-6-2-4-12(8-14)10-18-15(19)13-5-1-3-11(7-13)9-17/h1-8H,10H2,(H,18,19). The van der Waals surface area contributed by atoms with Gasteiger partial charge in [0.2, 0.25) is 0 Å². The van der Waals surface area contributed by atoms with Gasteiger partial charge in [0.15, 0.2) is 0 Å². The molecule has 0 heterocycles. The number of hydrogen-bond donors (Lipinski definition) is 1. The molecule has 19 heavy (non-hydrogen) atoms. The normalized spacial score (nSPS) is 9.68. The molecule has 2 aromatic rings. The summed E-state index contributed by atoms with van der Waals surface area (Å²) in [6, 6.07) is 16.4. The molecule has 1 amide bonds. The predicted molar refractivity (Wildman–Crippen MR) is 76.5 cm³/mol. The van der Waals surface area contributed by atoms with Gasteiger partial charge in [-0.2, -0.15) is 5.26 Å². The van der Waals surface area contributed by atoms with Gasteiger partial charge >= 0.3 is 0 Å². The van der Waals surface area contributed by atoms with Crippen LogP contribution in [0.15, 0.2) is 53.0 Å². The van der Waals surface area contributed by atoms with Crippen LogP contribution in [-0.4, -0.2) is 5.91 Å². The van der Waals surface area contributed by atoms with Crippen LogP contribution in [0.4, 0.5) is 0 Å². The first-order chi connectivity index (χ1) is 9.19. The lowest BCUT2D eigenvalue weighted by Gasteiger charge is -2.06. The van der Waals surface area contributed by atoms with Crippen molar-refractivity contribution in [2.75, 3.05) is 0 Å². The molecule has 4 heteroatoms. The van der Waals surface area contributed by atoms with Crippen molar-refractivity contribution in [3.63, 3.8) is 0 Å². The molecule has 0 unspecified atom stereocenters. The summed E-state index contributed by atoms with van der Waals surface area (Å²) in [5.74, 6) is -0.183. The topological polar surface area (TPSA) is 52.9 Å². The van der Waals surface area contributed by atoms with Crippen LogP contribution in [0.1, 0.15) is 21.5 Å². The van der Waals surface area contributed by atoms with Crippen LogP contribution >= 0.6 is 15.9 Å². The summed E-state index contributed by atoms with van der Waals surface area (Å²) in [5, 5.41) is 11.6. The third kappa shape index (κ3) is 3.67. The summed E-state index contributed by atoms with van der Waals surface area (Å²) in [6.45, 7) is 0.453. The highest BCUT2D eigenvalue weighted by Gasteiger charge is 2.05. The number of benzene rings is 2. The van der Waals surface area contributed by atoms with Crippen molar-refractivity contribution in [3.05, 3.63) is 69.7 Å². The monoisotopic (exact) mass is 314 g/mol. The highest BCUT2D eigenvalue weighted by Crippen LogP contribution is 2.11. The van der Waals surface area contributed by atoms with Gasteiger partial charge in [0.1, 0.15) is 0 Å². The average molecular weight is 315 g/mol. The number of carbonyl (C=O) groups is 1. The highest BCUT2D eigenvalue weighted by atomic mass is 79.9. The molecule has 0 bridgehead atoms. The van der Waals surface area contributed by atoms with Gasteiger partial charge in [-0.05, 0) is 35.9 Å². The van der Waals surface area contributed by atoms with Gasteiger partial charge in [-0.25, -0.2) is 0 Å². The van der Waals surface area contributed by atoms with Crippen LogP contribution in [0.2, 0.25) is 0 Å². The summed E-state index contributed by atoms with van der Waals surface area (Å²) >= 11 is 3.38. The Kier molecular flexibility index (Phi) is 4.32. The summed E-state index contributed by atoms with van der Waals surface area (Å²) in [7, 11) is 0. The van der Waals surface area contributed by atoms with E-state index < -0.39 is 0 Å². The van der Waals surface area contributed by atoms with Crippen molar-refractivity contribution in [1.82, 2.24) is 5.32 Å². The SMILES string of the molecule is N#Cc1cccc(C(=O)NCc2cccc(Br)c2)c1. The smallest absolute Gasteiger partial charge is 0.251 e. The highest BCUT2D eigenvalue weighted by molar-refractivity contribution is 9.10. The van der Waals surface area contributed by atoms with Crippen LogP contribution < -0.4 is 5.32 Å². The predicted octanol–water partition coefficient (Wildman–Crippen LogP) is 3.25. The second-order valence-electron chi connectivity index (χ2n) is 4.01. The zero-order chi connectivity index (χ0) is 13.7. The van der Waals surface area contributed by atoms with Crippen LogP contribution in [-0.2, 0) is 6.54 Å². The molecule has 0 aliphatic heterocycles. The zero-order valence-corrected chi connectivity index (χ0v) is 11.6. The molecule has 94 valence electrons. The van der Waals surface area contributed by atoms with Gasteiger partial charge in [0.25, 0.3) is 5.91 Å². The molecule has 0 radical (unpaired) electrons. The fraction of sp³-hybridized carbons (Fsp3) is 0.0667. The Hall–Kier alpha value is -2.12. The Morgan fingerprint density at radius 3 is 2.74 bits per heavy atom. The number of nitrogens with zero attached hydrogens (tertiary/aromatic N) is 1. The first kappa shape index (κ1) is 13.3. The number of amides is 1. The molecule has 0 aliphatic carbocycles. The largest absolute Gasteiger partial charge is 0.348 e. The second-order valence-corrected chi connectivity index (χ2v) is 4.92. The van der Waals surface area contributed by atoms with Crippen molar-refractivity contribution >= 4 is 21.8 Å². The summed E-state index contributed by atoms with van der Waals surface area (Å²) < 4.78 is 0.978. The fourth-order valence-electron chi connectivity index (χ4n) is 1.66. The van der Waals surface area contributed by atoms with Gasteiger partial charge in [-0.15, -0.1) is 0 Å². The van der Waals surface area contributed by atoms with Gasteiger partial charge in [-0.3, -0.25) is 4.79 Å². The first-order valence-corrected chi connectivity index (χ1v) is 6.51. The lowest BCUT2D eigenvalue weighted by Crippen LogP contribution is -2.22. The number of nitrogens with one attached hydrogen (secondary N) is 1. The van der Waals surface area contributed by atoms with E-state index in [1.807, 2.05) is 30.3 Å². The molecule has 0 aliphatic rings. The van der Waals surface area contributed by atoms with E-state index >= 15 is 0 Å². The maximum Gasteiger partial charge on any atom is 0.251 e. The number of hydrogen-bond acceptors (Lipinski definition) is 2. The molecule has 0 saturated heterocycles. The molecule has 0 atom stereocenters. The summed E-state index contributed by atoms with van der Waals surface area (Å²) in [5.41, 5.74) is 1.99. The minimum atomic E-state index is -0.183. The Morgan fingerprint density at radius 2 is 2.00 bits per heavy atom. The van der Waals surface area contributed by atoms with Crippen molar-refractivity contribution in [2.24, 2.45) is 0 Å². The van der Waals surface area contributed by atoms with Gasteiger partial charge in [-0.1, -0.05) is 34.1 Å². The van der Waals surface area contributed by atoms with E-state index in [1.54, 1.807) is 24.3 Å². The Labute approximate surface area is 120 Å². The van der Waals surface area contributed by atoms with Crippen molar-refractivity contribution in [2.45, 2.75) is 6.54 Å². The van der Waals surface area contributed by atoms with Crippen molar-refractivity contribution < 1.29 is 4.79 Å². The van der Waals surface area contributed by atoms with E-state index in [4.69, 9.17) is 5.26 Å². The van der Waals surface area contributed by atoms with E-state index in [1.165, 1.54) is 0 Å². The fourth-order valence-corrected chi connectivity index (χ4v) is 2.11. The lowest BCUT2D eigenvalue weighted by molar-refractivity contribution is 0.0951. The lowest BCUT2D eigenvalue weighted by atomic mass is 10.1. The van der Waals surface area contributed by atoms with Crippen LogP contribution in [0.5, 0.6) is 0 Å². The quantitative estimate of drug-likeness (QED) is 0.945. The number of rotatable bonds is 3. The Balaban J connectivity index is 2.03. The first-order valence-electron chi connectivity index (χ1n) is 5.72. The number of carbonyl (C=O) groups excluding carboxylic acids is 1. The summed E-state index contributed by atoms with van der Waals surface area (Å²) in [6.07, 6.45) is 0. The van der Waals surface area contributed by atoms with E-state index in [9.17, 15) is 4.79 Å². The van der Waals surface area contributed by atoms with Gasteiger partial charge in [0.05, 0.1) is 11.6 Å². The molecular weight excluding hydrogens is 304 g/mol. The Bertz CT molecular complexity index is 647. The average Bonchev–Trinajstić information content (AvgIpc) is 2.45. The van der Waals surface area contributed by atoms with E-state index in [0.717, 1.165) is 10.0 Å². The molecule has 0 aromatic heterocycles. The molecule has 2 rings (SSSR count). The second kappa shape index (κ2) is 6.17. The third-order valence-electron chi connectivity index (χ3n) is 2.60. The minimum Gasteiger partial charge on any atom is -0.348 e. The molecule has 0 fully saturated rings. The molecule has 1 N–H and O–H groups in total. The van der Waals surface area contributed by atoms with Gasteiger partial charge < -0.3 is 5.32 Å². The van der Waals surface area contributed by atoms with Crippen LogP contribution in [0, 0.1) is 11.3 Å². The van der Waals surface area contributed by atoms with Crippen LogP contribution in [0.3, 0.4) is 0 Å². The third-order valence-corrected chi connectivity index (χ3v) is 3.09. The molecule has 0 spiro atoms. The van der Waals surface area contributed by atoms with Crippen molar-refractivity contribution in [3.8, 4) is 6.07 Å². The number of halogens is 1. The summed E-state index contributed by atoms with van der Waals surface area (Å²) in [4.78, 5) is 11.9.